The molecule has 20 heavy (non-hydrogen) atoms. The summed E-state index contributed by atoms with van der Waals surface area (Å²) in [5.41, 5.74) is 0.0263. The summed E-state index contributed by atoms with van der Waals surface area (Å²) in [6.45, 7) is 7.35. The average Bonchev–Trinajstić information content (AvgIpc) is 2.36. The maximum absolute atomic E-state index is 12.4. The Morgan fingerprint density at radius 1 is 1.20 bits per heavy atom. The van der Waals surface area contributed by atoms with Crippen LogP contribution < -0.4 is 5.32 Å². The number of hydrogen-bond donors (Lipinski definition) is 1. The van der Waals surface area contributed by atoms with E-state index in [0.29, 0.717) is 12.0 Å². The Balaban J connectivity index is 2.74. The molecule has 0 saturated heterocycles. The normalized spacial score (nSPS) is 12.6. The van der Waals surface area contributed by atoms with Crippen molar-refractivity contribution in [3.8, 4) is 0 Å². The number of carbonyl (C=O) groups is 2. The highest BCUT2D eigenvalue weighted by Gasteiger charge is 2.24. The van der Waals surface area contributed by atoms with Crippen molar-refractivity contribution in [1.82, 2.24) is 5.32 Å². The maximum Gasteiger partial charge on any atom is 0.408 e. The van der Waals surface area contributed by atoms with Gasteiger partial charge in [0.15, 0.2) is 5.78 Å². The van der Waals surface area contributed by atoms with Crippen molar-refractivity contribution in [3.05, 3.63) is 35.9 Å². The first-order valence-corrected chi connectivity index (χ1v) is 6.92. The Kier molecular flexibility index (Phi) is 5.74. The van der Waals surface area contributed by atoms with Crippen LogP contribution in [0.3, 0.4) is 0 Å². The van der Waals surface area contributed by atoms with Gasteiger partial charge in [-0.2, -0.15) is 0 Å². The second-order valence-corrected chi connectivity index (χ2v) is 5.72. The van der Waals surface area contributed by atoms with Gasteiger partial charge < -0.3 is 10.1 Å². The van der Waals surface area contributed by atoms with Crippen LogP contribution in [0.2, 0.25) is 0 Å². The number of carbonyl (C=O) groups excluding carboxylic acids is 2. The fraction of sp³-hybridized carbons (Fsp3) is 0.500. The molecule has 1 N–H and O–H groups in total. The lowest BCUT2D eigenvalue weighted by Gasteiger charge is -2.23. The van der Waals surface area contributed by atoms with Crippen LogP contribution in [0.4, 0.5) is 4.79 Å². The molecule has 0 aliphatic carbocycles. The fourth-order valence-electron chi connectivity index (χ4n) is 1.81. The van der Waals surface area contributed by atoms with Crippen LogP contribution in [0.1, 0.15) is 50.9 Å². The zero-order chi connectivity index (χ0) is 15.2. The molecule has 0 spiro atoms. The first-order chi connectivity index (χ1) is 9.33. The molecular weight excluding hydrogens is 254 g/mol. The fourth-order valence-corrected chi connectivity index (χ4v) is 1.81. The quantitative estimate of drug-likeness (QED) is 0.837. The Bertz CT molecular complexity index is 449. The van der Waals surface area contributed by atoms with E-state index in [9.17, 15) is 9.59 Å². The lowest BCUT2D eigenvalue weighted by Crippen LogP contribution is -2.43. The maximum atomic E-state index is 12.4. The predicted octanol–water partition coefficient (Wildman–Crippen LogP) is 3.56. The number of nitrogens with one attached hydrogen (secondary N) is 1. The van der Waals surface area contributed by atoms with Gasteiger partial charge in [-0.3, -0.25) is 4.79 Å². The molecule has 0 saturated carbocycles. The van der Waals surface area contributed by atoms with E-state index in [1.807, 2.05) is 25.1 Å². The predicted molar refractivity (Wildman–Crippen MR) is 78.8 cm³/mol. The zero-order valence-corrected chi connectivity index (χ0v) is 12.6. The van der Waals surface area contributed by atoms with Crippen molar-refractivity contribution in [3.63, 3.8) is 0 Å². The van der Waals surface area contributed by atoms with E-state index in [0.717, 1.165) is 6.42 Å². The number of ether oxygens (including phenoxy) is 1. The van der Waals surface area contributed by atoms with Crippen LogP contribution in [0.5, 0.6) is 0 Å². The number of benzene rings is 1. The van der Waals surface area contributed by atoms with Crippen LogP contribution in [0.15, 0.2) is 30.3 Å². The largest absolute Gasteiger partial charge is 0.444 e. The smallest absolute Gasteiger partial charge is 0.408 e. The molecule has 110 valence electrons. The lowest BCUT2D eigenvalue weighted by atomic mass is 10.0. The second kappa shape index (κ2) is 7.08. The molecule has 1 aromatic rings. The molecule has 0 aliphatic rings. The lowest BCUT2D eigenvalue weighted by molar-refractivity contribution is 0.0488. The third-order valence-electron chi connectivity index (χ3n) is 2.64. The average molecular weight is 277 g/mol. The molecule has 0 bridgehead atoms. The molecule has 1 rings (SSSR count). The Morgan fingerprint density at radius 3 is 2.30 bits per heavy atom. The number of rotatable bonds is 5. The van der Waals surface area contributed by atoms with Crippen molar-refractivity contribution < 1.29 is 14.3 Å². The minimum Gasteiger partial charge on any atom is -0.444 e. The van der Waals surface area contributed by atoms with Gasteiger partial charge in [-0.15, -0.1) is 0 Å². The number of amides is 1. The molecule has 0 aromatic heterocycles. The van der Waals surface area contributed by atoms with Gasteiger partial charge in [0, 0.05) is 5.56 Å². The standard InChI is InChI=1S/C16H23NO3/c1-5-9-13(17-15(19)20-16(2,3)4)14(18)12-10-7-6-8-11-12/h6-8,10-11,13H,5,9H2,1-4H3,(H,17,19). The highest BCUT2D eigenvalue weighted by Crippen LogP contribution is 2.11. The summed E-state index contributed by atoms with van der Waals surface area (Å²) in [7, 11) is 0. The van der Waals surface area contributed by atoms with Crippen molar-refractivity contribution in [2.24, 2.45) is 0 Å². The van der Waals surface area contributed by atoms with E-state index < -0.39 is 17.7 Å². The molecule has 1 atom stereocenters. The monoisotopic (exact) mass is 277 g/mol. The molecular formula is C16H23NO3. The van der Waals surface area contributed by atoms with Crippen molar-refractivity contribution >= 4 is 11.9 Å². The Hall–Kier alpha value is -1.84. The molecule has 0 heterocycles. The van der Waals surface area contributed by atoms with Gasteiger partial charge in [-0.05, 0) is 27.2 Å². The third kappa shape index (κ3) is 5.43. The van der Waals surface area contributed by atoms with Crippen LogP contribution in [0.25, 0.3) is 0 Å². The van der Waals surface area contributed by atoms with Gasteiger partial charge in [-0.25, -0.2) is 4.79 Å². The van der Waals surface area contributed by atoms with Crippen LogP contribution >= 0.6 is 0 Å². The number of ketones is 1. The SMILES string of the molecule is CCCC(NC(=O)OC(C)(C)C)C(=O)c1ccccc1. The van der Waals surface area contributed by atoms with Crippen LogP contribution in [0, 0.1) is 0 Å². The first-order valence-electron chi connectivity index (χ1n) is 6.92. The summed E-state index contributed by atoms with van der Waals surface area (Å²) in [6.07, 6.45) is 0.840. The molecule has 1 aromatic carbocycles. The number of Topliss-reactive ketones (excluding diaryl/α,β-unsaturated/α-hetero) is 1. The van der Waals surface area contributed by atoms with Gasteiger partial charge in [0.25, 0.3) is 0 Å². The van der Waals surface area contributed by atoms with Gasteiger partial charge in [0.05, 0.1) is 6.04 Å². The topological polar surface area (TPSA) is 55.4 Å². The molecule has 4 nitrogen and oxygen atoms in total. The van der Waals surface area contributed by atoms with Gasteiger partial charge in [-0.1, -0.05) is 43.7 Å². The summed E-state index contributed by atoms with van der Waals surface area (Å²) in [5.74, 6) is -0.0849. The highest BCUT2D eigenvalue weighted by molar-refractivity contribution is 6.01. The molecule has 0 aliphatic heterocycles. The minimum absolute atomic E-state index is 0.0849. The van der Waals surface area contributed by atoms with E-state index in [-0.39, 0.29) is 5.78 Å². The van der Waals surface area contributed by atoms with E-state index in [1.165, 1.54) is 0 Å². The Morgan fingerprint density at radius 2 is 1.80 bits per heavy atom. The summed E-state index contributed by atoms with van der Waals surface area (Å²) in [6, 6.07) is 8.43. The van der Waals surface area contributed by atoms with Gasteiger partial charge >= 0.3 is 6.09 Å². The third-order valence-corrected chi connectivity index (χ3v) is 2.64. The number of hydrogen-bond acceptors (Lipinski definition) is 3. The van der Waals surface area contributed by atoms with Gasteiger partial charge in [0.2, 0.25) is 0 Å². The summed E-state index contributed by atoms with van der Waals surface area (Å²) >= 11 is 0. The number of alkyl carbamates (subject to hydrolysis) is 1. The first kappa shape index (κ1) is 16.2. The van der Waals surface area contributed by atoms with Gasteiger partial charge in [0.1, 0.15) is 5.60 Å². The van der Waals surface area contributed by atoms with Crippen molar-refractivity contribution in [2.45, 2.75) is 52.2 Å². The van der Waals surface area contributed by atoms with Crippen molar-refractivity contribution in [2.75, 3.05) is 0 Å². The molecule has 4 heteroatoms. The highest BCUT2D eigenvalue weighted by atomic mass is 16.6. The van der Waals surface area contributed by atoms with E-state index in [2.05, 4.69) is 5.32 Å². The second-order valence-electron chi connectivity index (χ2n) is 5.72. The molecule has 1 amide bonds. The van der Waals surface area contributed by atoms with Crippen LogP contribution in [-0.4, -0.2) is 23.5 Å². The minimum atomic E-state index is -0.573. The molecule has 0 fully saturated rings. The summed E-state index contributed by atoms with van der Waals surface area (Å²) < 4.78 is 5.20. The Labute approximate surface area is 120 Å². The molecule has 1 unspecified atom stereocenters. The van der Waals surface area contributed by atoms with E-state index in [4.69, 9.17) is 4.74 Å². The van der Waals surface area contributed by atoms with E-state index >= 15 is 0 Å². The van der Waals surface area contributed by atoms with Crippen molar-refractivity contribution in [1.29, 1.82) is 0 Å². The summed E-state index contributed by atoms with van der Waals surface area (Å²) in [5, 5.41) is 2.66. The van der Waals surface area contributed by atoms with Crippen LogP contribution in [-0.2, 0) is 4.74 Å². The zero-order valence-electron chi connectivity index (χ0n) is 12.6. The molecule has 0 radical (unpaired) electrons. The van der Waals surface area contributed by atoms with E-state index in [1.54, 1.807) is 32.9 Å². The summed E-state index contributed by atoms with van der Waals surface area (Å²) in [4.78, 5) is 24.2.